The molecule has 0 aromatic rings. The van der Waals surface area contributed by atoms with E-state index in [0.717, 1.165) is 19.3 Å². The third-order valence-corrected chi connectivity index (χ3v) is 4.66. The number of rotatable bonds is 1. The first kappa shape index (κ1) is 11.6. The van der Waals surface area contributed by atoms with Crippen molar-refractivity contribution in [1.29, 1.82) is 0 Å². The minimum Gasteiger partial charge on any atom is -0.469 e. The van der Waals surface area contributed by atoms with Gasteiger partial charge in [-0.3, -0.25) is 4.79 Å². The fraction of sp³-hybridized carbons (Fsp3) is 0.769. The SMILES string of the molecule is C=C1CC[C@H]2[C@H](C(=O)OC)[C@H](O)CC[C@@]12C. The van der Waals surface area contributed by atoms with Crippen LogP contribution in [0.15, 0.2) is 12.2 Å². The zero-order valence-electron chi connectivity index (χ0n) is 10.0. The van der Waals surface area contributed by atoms with Crippen molar-refractivity contribution in [3.05, 3.63) is 12.2 Å². The molecule has 4 atom stereocenters. The van der Waals surface area contributed by atoms with Crippen LogP contribution in [0.1, 0.15) is 32.6 Å². The maximum atomic E-state index is 11.8. The van der Waals surface area contributed by atoms with Crippen LogP contribution in [0, 0.1) is 17.3 Å². The summed E-state index contributed by atoms with van der Waals surface area (Å²) in [4.78, 5) is 11.8. The highest BCUT2D eigenvalue weighted by Gasteiger charge is 2.53. The highest BCUT2D eigenvalue weighted by atomic mass is 16.5. The summed E-state index contributed by atoms with van der Waals surface area (Å²) in [6, 6.07) is 0. The van der Waals surface area contributed by atoms with Gasteiger partial charge in [0.15, 0.2) is 0 Å². The van der Waals surface area contributed by atoms with E-state index in [2.05, 4.69) is 13.5 Å². The number of methoxy groups -OCH3 is 1. The average Bonchev–Trinajstić information content (AvgIpc) is 2.56. The van der Waals surface area contributed by atoms with E-state index in [9.17, 15) is 9.90 Å². The van der Waals surface area contributed by atoms with Crippen LogP contribution in [0.3, 0.4) is 0 Å². The maximum Gasteiger partial charge on any atom is 0.311 e. The summed E-state index contributed by atoms with van der Waals surface area (Å²) in [7, 11) is 1.39. The fourth-order valence-electron chi connectivity index (χ4n) is 3.49. The van der Waals surface area contributed by atoms with Crippen molar-refractivity contribution in [2.75, 3.05) is 7.11 Å². The molecule has 90 valence electrons. The molecule has 2 aliphatic rings. The van der Waals surface area contributed by atoms with E-state index in [0.29, 0.717) is 6.42 Å². The normalized spacial score (nSPS) is 42.9. The summed E-state index contributed by atoms with van der Waals surface area (Å²) in [5, 5.41) is 9.99. The molecule has 0 aromatic heterocycles. The van der Waals surface area contributed by atoms with Crippen LogP contribution in [0.2, 0.25) is 0 Å². The first-order valence-corrected chi connectivity index (χ1v) is 5.95. The summed E-state index contributed by atoms with van der Waals surface area (Å²) in [6.07, 6.45) is 2.99. The first-order chi connectivity index (χ1) is 7.50. The van der Waals surface area contributed by atoms with E-state index < -0.39 is 6.10 Å². The smallest absolute Gasteiger partial charge is 0.311 e. The Labute approximate surface area is 96.5 Å². The van der Waals surface area contributed by atoms with Crippen LogP contribution < -0.4 is 0 Å². The zero-order chi connectivity index (χ0) is 11.9. The Hall–Kier alpha value is -0.830. The Balaban J connectivity index is 2.30. The van der Waals surface area contributed by atoms with Gasteiger partial charge in [0.25, 0.3) is 0 Å². The molecule has 3 nitrogen and oxygen atoms in total. The molecular formula is C13H20O3. The van der Waals surface area contributed by atoms with Gasteiger partial charge in [-0.1, -0.05) is 19.1 Å². The van der Waals surface area contributed by atoms with E-state index in [1.807, 2.05) is 0 Å². The summed E-state index contributed by atoms with van der Waals surface area (Å²) >= 11 is 0. The van der Waals surface area contributed by atoms with Crippen LogP contribution in [0.5, 0.6) is 0 Å². The van der Waals surface area contributed by atoms with Crippen molar-refractivity contribution < 1.29 is 14.6 Å². The molecule has 0 amide bonds. The van der Waals surface area contributed by atoms with Gasteiger partial charge in [-0.05, 0) is 37.0 Å². The van der Waals surface area contributed by atoms with Gasteiger partial charge in [-0.25, -0.2) is 0 Å². The number of carbonyl (C=O) groups excluding carboxylic acids is 1. The van der Waals surface area contributed by atoms with E-state index in [1.54, 1.807) is 0 Å². The van der Waals surface area contributed by atoms with Crippen molar-refractivity contribution in [3.63, 3.8) is 0 Å². The van der Waals surface area contributed by atoms with Gasteiger partial charge in [0.1, 0.15) is 0 Å². The molecule has 0 spiro atoms. The molecule has 1 N–H and O–H groups in total. The van der Waals surface area contributed by atoms with E-state index in [-0.39, 0.29) is 23.2 Å². The summed E-state index contributed by atoms with van der Waals surface area (Å²) in [6.45, 7) is 6.30. The third-order valence-electron chi connectivity index (χ3n) is 4.66. The van der Waals surface area contributed by atoms with Gasteiger partial charge in [-0.15, -0.1) is 0 Å². The monoisotopic (exact) mass is 224 g/mol. The van der Waals surface area contributed by atoms with Crippen LogP contribution in [0.4, 0.5) is 0 Å². The quantitative estimate of drug-likeness (QED) is 0.546. The Morgan fingerprint density at radius 3 is 2.88 bits per heavy atom. The number of hydrogen-bond donors (Lipinski definition) is 1. The topological polar surface area (TPSA) is 46.5 Å². The molecule has 0 saturated heterocycles. The molecule has 2 rings (SSSR count). The maximum absolute atomic E-state index is 11.8. The number of hydrogen-bond acceptors (Lipinski definition) is 3. The second-order valence-corrected chi connectivity index (χ2v) is 5.32. The van der Waals surface area contributed by atoms with Gasteiger partial charge in [0.05, 0.1) is 19.1 Å². The number of esters is 1. The van der Waals surface area contributed by atoms with Gasteiger partial charge in [0, 0.05) is 0 Å². The lowest BCUT2D eigenvalue weighted by atomic mass is 9.62. The predicted octanol–water partition coefficient (Wildman–Crippen LogP) is 1.90. The number of aliphatic hydroxyl groups is 1. The lowest BCUT2D eigenvalue weighted by Gasteiger charge is -2.43. The Bertz CT molecular complexity index is 323. The molecule has 2 aliphatic carbocycles. The predicted molar refractivity (Wildman–Crippen MR) is 60.7 cm³/mol. The van der Waals surface area contributed by atoms with Gasteiger partial charge in [0.2, 0.25) is 0 Å². The molecule has 2 saturated carbocycles. The molecule has 16 heavy (non-hydrogen) atoms. The molecule has 2 fully saturated rings. The minimum atomic E-state index is -0.545. The molecule has 0 aromatic carbocycles. The molecule has 0 bridgehead atoms. The van der Waals surface area contributed by atoms with Crippen LogP contribution in [-0.4, -0.2) is 24.3 Å². The van der Waals surface area contributed by atoms with Crippen molar-refractivity contribution in [2.45, 2.75) is 38.7 Å². The minimum absolute atomic E-state index is 0.0259. The fourth-order valence-corrected chi connectivity index (χ4v) is 3.49. The summed E-state index contributed by atoms with van der Waals surface area (Å²) in [5.74, 6) is -0.419. The molecule has 0 radical (unpaired) electrons. The van der Waals surface area contributed by atoms with E-state index >= 15 is 0 Å². The molecule has 0 unspecified atom stereocenters. The standard InChI is InChI=1S/C13H20O3/c1-8-4-5-9-11(12(15)16-3)10(14)6-7-13(8,9)2/h9-11,14H,1,4-7H2,2-3H3/t9-,10+,11-,13-/m0/s1. The van der Waals surface area contributed by atoms with Crippen molar-refractivity contribution in [3.8, 4) is 0 Å². The zero-order valence-corrected chi connectivity index (χ0v) is 10.0. The number of fused-ring (bicyclic) bond motifs is 1. The van der Waals surface area contributed by atoms with Gasteiger partial charge >= 0.3 is 5.97 Å². The Kier molecular flexibility index (Phi) is 2.82. The van der Waals surface area contributed by atoms with Crippen molar-refractivity contribution >= 4 is 5.97 Å². The number of carbonyl (C=O) groups is 1. The average molecular weight is 224 g/mol. The second kappa shape index (κ2) is 3.88. The number of aliphatic hydroxyl groups excluding tert-OH is 1. The van der Waals surface area contributed by atoms with Gasteiger partial charge < -0.3 is 9.84 Å². The first-order valence-electron chi connectivity index (χ1n) is 5.95. The Morgan fingerprint density at radius 1 is 1.56 bits per heavy atom. The lowest BCUT2D eigenvalue weighted by molar-refractivity contribution is -0.157. The van der Waals surface area contributed by atoms with Crippen LogP contribution in [0.25, 0.3) is 0 Å². The molecular weight excluding hydrogens is 204 g/mol. The van der Waals surface area contributed by atoms with Gasteiger partial charge in [-0.2, -0.15) is 0 Å². The largest absolute Gasteiger partial charge is 0.469 e. The summed E-state index contributed by atoms with van der Waals surface area (Å²) in [5.41, 5.74) is 1.26. The highest BCUT2D eigenvalue weighted by molar-refractivity contribution is 5.74. The second-order valence-electron chi connectivity index (χ2n) is 5.32. The lowest BCUT2D eigenvalue weighted by Crippen LogP contribution is -2.45. The van der Waals surface area contributed by atoms with Crippen LogP contribution in [-0.2, 0) is 9.53 Å². The van der Waals surface area contributed by atoms with Crippen LogP contribution >= 0.6 is 0 Å². The van der Waals surface area contributed by atoms with E-state index in [4.69, 9.17) is 4.74 Å². The Morgan fingerprint density at radius 2 is 2.25 bits per heavy atom. The molecule has 0 heterocycles. The molecule has 0 aliphatic heterocycles. The third kappa shape index (κ3) is 1.49. The number of ether oxygens (including phenoxy) is 1. The molecule has 3 heteroatoms. The summed E-state index contributed by atoms with van der Waals surface area (Å²) < 4.78 is 4.82. The van der Waals surface area contributed by atoms with Crippen molar-refractivity contribution in [1.82, 2.24) is 0 Å². The van der Waals surface area contributed by atoms with Crippen molar-refractivity contribution in [2.24, 2.45) is 17.3 Å². The number of allylic oxidation sites excluding steroid dienone is 1. The highest BCUT2D eigenvalue weighted by Crippen LogP contribution is 2.56. The van der Waals surface area contributed by atoms with E-state index in [1.165, 1.54) is 12.7 Å².